The van der Waals surface area contributed by atoms with E-state index >= 15 is 0 Å². The molecule has 2 atom stereocenters. The molecule has 7 heteroatoms. The molecular weight excluding hydrogens is 368 g/mol. The van der Waals surface area contributed by atoms with Crippen molar-refractivity contribution in [2.24, 2.45) is 4.99 Å². The van der Waals surface area contributed by atoms with E-state index in [1.54, 1.807) is 0 Å². The number of ether oxygens (including phenoxy) is 2. The molecule has 0 spiro atoms. The Hall–Kier alpha value is -2.12. The Morgan fingerprint density at radius 1 is 1.14 bits per heavy atom. The van der Waals surface area contributed by atoms with Crippen LogP contribution < -0.4 is 5.32 Å². The van der Waals surface area contributed by atoms with Crippen molar-refractivity contribution in [2.75, 3.05) is 39.9 Å². The first kappa shape index (κ1) is 20.2. The predicted octanol–water partition coefficient (Wildman–Crippen LogP) is 1.76. The van der Waals surface area contributed by atoms with Gasteiger partial charge in [-0.1, -0.05) is 24.3 Å². The lowest BCUT2D eigenvalue weighted by atomic mass is 10.1. The minimum atomic E-state index is 0.114. The van der Waals surface area contributed by atoms with Crippen LogP contribution >= 0.6 is 0 Å². The van der Waals surface area contributed by atoms with Gasteiger partial charge in [-0.3, -0.25) is 9.79 Å². The maximum absolute atomic E-state index is 12.5. The van der Waals surface area contributed by atoms with Crippen LogP contribution in [0.2, 0.25) is 0 Å². The van der Waals surface area contributed by atoms with E-state index in [1.807, 2.05) is 24.1 Å². The SMILES string of the molecule is CN=C(NCCCC(=O)N1Cc2ccccc2C1)N1CCOC(C2CCCO2)C1. The Labute approximate surface area is 173 Å². The normalized spacial score (nSPS) is 24.7. The molecule has 29 heavy (non-hydrogen) atoms. The molecule has 1 amide bonds. The maximum atomic E-state index is 12.5. The summed E-state index contributed by atoms with van der Waals surface area (Å²) in [7, 11) is 1.81. The summed E-state index contributed by atoms with van der Waals surface area (Å²) in [4.78, 5) is 21.2. The van der Waals surface area contributed by atoms with Crippen molar-refractivity contribution in [2.45, 2.75) is 51.0 Å². The van der Waals surface area contributed by atoms with Gasteiger partial charge in [0, 0.05) is 52.8 Å². The third kappa shape index (κ3) is 4.90. The van der Waals surface area contributed by atoms with Gasteiger partial charge in [0.05, 0.1) is 12.7 Å². The molecule has 0 bridgehead atoms. The van der Waals surface area contributed by atoms with Gasteiger partial charge in [-0.25, -0.2) is 0 Å². The molecule has 2 fully saturated rings. The molecule has 3 aliphatic heterocycles. The molecule has 7 nitrogen and oxygen atoms in total. The van der Waals surface area contributed by atoms with Crippen molar-refractivity contribution in [3.05, 3.63) is 35.4 Å². The molecule has 2 unspecified atom stereocenters. The number of carbonyl (C=O) groups excluding carboxylic acids is 1. The van der Waals surface area contributed by atoms with Gasteiger partial charge < -0.3 is 24.6 Å². The van der Waals surface area contributed by atoms with E-state index in [2.05, 4.69) is 27.3 Å². The van der Waals surface area contributed by atoms with Gasteiger partial charge in [-0.15, -0.1) is 0 Å². The molecule has 1 aromatic carbocycles. The number of nitrogens with zero attached hydrogens (tertiary/aromatic N) is 3. The van der Waals surface area contributed by atoms with E-state index < -0.39 is 0 Å². The monoisotopic (exact) mass is 400 g/mol. The van der Waals surface area contributed by atoms with Gasteiger partial charge in [-0.05, 0) is 30.4 Å². The first-order chi connectivity index (χ1) is 14.2. The summed E-state index contributed by atoms with van der Waals surface area (Å²) in [6, 6.07) is 8.30. The zero-order chi connectivity index (χ0) is 20.1. The first-order valence-electron chi connectivity index (χ1n) is 10.8. The first-order valence-corrected chi connectivity index (χ1v) is 10.8. The van der Waals surface area contributed by atoms with Gasteiger partial charge in [0.25, 0.3) is 0 Å². The van der Waals surface area contributed by atoms with Crippen molar-refractivity contribution in [1.29, 1.82) is 0 Å². The minimum Gasteiger partial charge on any atom is -0.375 e. The standard InChI is InChI=1S/C22H32N4O3/c1-23-22(25-11-13-29-20(16-25)19-8-5-12-28-19)24-10-4-9-21(27)26-14-17-6-2-3-7-18(17)15-26/h2-3,6-7,19-20H,4-5,8-16H2,1H3,(H,23,24). The van der Waals surface area contributed by atoms with Gasteiger partial charge in [-0.2, -0.15) is 0 Å². The number of nitrogens with one attached hydrogen (secondary N) is 1. The van der Waals surface area contributed by atoms with Crippen LogP contribution in [0.1, 0.15) is 36.8 Å². The summed E-state index contributed by atoms with van der Waals surface area (Å²) in [5.74, 6) is 1.11. The smallest absolute Gasteiger partial charge is 0.223 e. The number of benzene rings is 1. The molecule has 0 aromatic heterocycles. The largest absolute Gasteiger partial charge is 0.375 e. The molecule has 3 heterocycles. The van der Waals surface area contributed by atoms with E-state index in [4.69, 9.17) is 9.47 Å². The lowest BCUT2D eigenvalue weighted by Crippen LogP contribution is -2.53. The Morgan fingerprint density at radius 2 is 1.90 bits per heavy atom. The van der Waals surface area contributed by atoms with Crippen LogP contribution in [0.15, 0.2) is 29.3 Å². The number of rotatable bonds is 5. The maximum Gasteiger partial charge on any atom is 0.223 e. The molecule has 0 saturated carbocycles. The zero-order valence-corrected chi connectivity index (χ0v) is 17.3. The summed E-state index contributed by atoms with van der Waals surface area (Å²) >= 11 is 0. The van der Waals surface area contributed by atoms with Crippen LogP contribution in [0.25, 0.3) is 0 Å². The average Bonchev–Trinajstić information content (AvgIpc) is 3.44. The summed E-state index contributed by atoms with van der Waals surface area (Å²) in [5, 5.41) is 3.42. The molecule has 0 radical (unpaired) electrons. The number of fused-ring (bicyclic) bond motifs is 1. The Bertz CT molecular complexity index is 708. The highest BCUT2D eigenvalue weighted by Gasteiger charge is 2.32. The van der Waals surface area contributed by atoms with Crippen LogP contribution in [0.3, 0.4) is 0 Å². The number of hydrogen-bond donors (Lipinski definition) is 1. The summed E-state index contributed by atoms with van der Waals surface area (Å²) in [6.07, 6.45) is 3.87. The average molecular weight is 401 g/mol. The fourth-order valence-corrected chi connectivity index (χ4v) is 4.43. The third-order valence-corrected chi connectivity index (χ3v) is 6.03. The fourth-order valence-electron chi connectivity index (χ4n) is 4.43. The fraction of sp³-hybridized carbons (Fsp3) is 0.636. The van der Waals surface area contributed by atoms with E-state index in [0.717, 1.165) is 64.6 Å². The molecular formula is C22H32N4O3. The Kier molecular flexibility index (Phi) is 6.67. The molecule has 158 valence electrons. The molecule has 3 aliphatic rings. The van der Waals surface area contributed by atoms with E-state index in [9.17, 15) is 4.79 Å². The summed E-state index contributed by atoms with van der Waals surface area (Å²) in [6.45, 7) is 5.38. The summed E-state index contributed by atoms with van der Waals surface area (Å²) < 4.78 is 11.7. The van der Waals surface area contributed by atoms with Crippen molar-refractivity contribution >= 4 is 11.9 Å². The molecule has 1 N–H and O–H groups in total. The number of amides is 1. The van der Waals surface area contributed by atoms with Crippen molar-refractivity contribution in [3.63, 3.8) is 0 Å². The Balaban J connectivity index is 1.19. The van der Waals surface area contributed by atoms with E-state index in [1.165, 1.54) is 11.1 Å². The van der Waals surface area contributed by atoms with E-state index in [0.29, 0.717) is 13.0 Å². The number of hydrogen-bond acceptors (Lipinski definition) is 4. The van der Waals surface area contributed by atoms with Crippen LogP contribution in [0.5, 0.6) is 0 Å². The number of carbonyl (C=O) groups is 1. The zero-order valence-electron chi connectivity index (χ0n) is 17.3. The Morgan fingerprint density at radius 3 is 2.59 bits per heavy atom. The topological polar surface area (TPSA) is 66.4 Å². The number of morpholine rings is 1. The lowest BCUT2D eigenvalue weighted by molar-refractivity contribution is -0.131. The van der Waals surface area contributed by atoms with Crippen molar-refractivity contribution < 1.29 is 14.3 Å². The van der Waals surface area contributed by atoms with Crippen LogP contribution in [-0.4, -0.2) is 73.8 Å². The second kappa shape index (κ2) is 9.59. The highest BCUT2D eigenvalue weighted by molar-refractivity contribution is 5.80. The van der Waals surface area contributed by atoms with Gasteiger partial charge in [0.15, 0.2) is 5.96 Å². The molecule has 2 saturated heterocycles. The third-order valence-electron chi connectivity index (χ3n) is 6.03. The quantitative estimate of drug-likeness (QED) is 0.464. The second-order valence-corrected chi connectivity index (χ2v) is 8.00. The number of aliphatic imine (C=N–C) groups is 1. The van der Waals surface area contributed by atoms with Crippen LogP contribution in [-0.2, 0) is 27.4 Å². The van der Waals surface area contributed by atoms with Crippen molar-refractivity contribution in [1.82, 2.24) is 15.1 Å². The highest BCUT2D eigenvalue weighted by Crippen LogP contribution is 2.23. The van der Waals surface area contributed by atoms with E-state index in [-0.39, 0.29) is 18.1 Å². The molecule has 4 rings (SSSR count). The highest BCUT2D eigenvalue weighted by atomic mass is 16.5. The van der Waals surface area contributed by atoms with Gasteiger partial charge in [0.2, 0.25) is 5.91 Å². The lowest BCUT2D eigenvalue weighted by Gasteiger charge is -2.37. The van der Waals surface area contributed by atoms with Crippen LogP contribution in [0, 0.1) is 0 Å². The van der Waals surface area contributed by atoms with Gasteiger partial charge >= 0.3 is 0 Å². The number of guanidine groups is 1. The summed E-state index contributed by atoms with van der Waals surface area (Å²) in [5.41, 5.74) is 2.54. The van der Waals surface area contributed by atoms with Gasteiger partial charge in [0.1, 0.15) is 6.10 Å². The van der Waals surface area contributed by atoms with Crippen LogP contribution in [0.4, 0.5) is 0 Å². The molecule has 0 aliphatic carbocycles. The second-order valence-electron chi connectivity index (χ2n) is 8.00. The van der Waals surface area contributed by atoms with Crippen molar-refractivity contribution in [3.8, 4) is 0 Å². The molecule has 1 aromatic rings. The minimum absolute atomic E-state index is 0.114. The predicted molar refractivity (Wildman–Crippen MR) is 112 cm³/mol.